The first kappa shape index (κ1) is 20.9. The van der Waals surface area contributed by atoms with E-state index in [1.807, 2.05) is 12.3 Å². The molecule has 0 aliphatic heterocycles. The lowest BCUT2D eigenvalue weighted by Gasteiger charge is -2.14. The van der Waals surface area contributed by atoms with Crippen LogP contribution >= 0.6 is 11.8 Å². The van der Waals surface area contributed by atoms with Crippen LogP contribution in [0.2, 0.25) is 0 Å². The third kappa shape index (κ3) is 6.09. The van der Waals surface area contributed by atoms with Gasteiger partial charge in [0.15, 0.2) is 6.10 Å². The maximum Gasteiger partial charge on any atom is 0.338 e. The fourth-order valence-electron chi connectivity index (χ4n) is 2.23. The van der Waals surface area contributed by atoms with Gasteiger partial charge in [-0.25, -0.2) is 18.4 Å². The Morgan fingerprint density at radius 3 is 2.56 bits per heavy atom. The molecule has 0 bridgehead atoms. The molecule has 0 aromatic heterocycles. The predicted octanol–water partition coefficient (Wildman–Crippen LogP) is 2.38. The number of hydrogen-bond donors (Lipinski definition) is 2. The highest BCUT2D eigenvalue weighted by Crippen LogP contribution is 2.16. The van der Waals surface area contributed by atoms with Gasteiger partial charge in [0.05, 0.1) is 10.5 Å². The van der Waals surface area contributed by atoms with E-state index in [1.165, 1.54) is 31.2 Å². The van der Waals surface area contributed by atoms with Gasteiger partial charge in [-0.2, -0.15) is 11.8 Å². The third-order valence-corrected chi connectivity index (χ3v) is 5.09. The summed E-state index contributed by atoms with van der Waals surface area (Å²) in [6.07, 6.45) is 0.891. The lowest BCUT2D eigenvalue weighted by atomic mass is 10.1. The highest BCUT2D eigenvalue weighted by Gasteiger charge is 2.20. The van der Waals surface area contributed by atoms with Crippen LogP contribution in [0.15, 0.2) is 53.4 Å². The first-order chi connectivity index (χ1) is 12.7. The molecule has 0 aliphatic carbocycles. The number of nitrogens with two attached hydrogens (primary N) is 1. The number of sulfonamides is 1. The molecule has 7 nitrogen and oxygen atoms in total. The molecule has 0 unspecified atom stereocenters. The number of carbonyl (C=O) groups is 2. The van der Waals surface area contributed by atoms with E-state index in [0.29, 0.717) is 5.56 Å². The van der Waals surface area contributed by atoms with Crippen LogP contribution in [0.3, 0.4) is 0 Å². The van der Waals surface area contributed by atoms with Crippen LogP contribution in [0.25, 0.3) is 0 Å². The molecule has 2 rings (SSSR count). The molecule has 27 heavy (non-hydrogen) atoms. The Balaban J connectivity index is 2.03. The van der Waals surface area contributed by atoms with Crippen LogP contribution in [0.4, 0.5) is 5.69 Å². The van der Waals surface area contributed by atoms with Crippen LogP contribution in [0.1, 0.15) is 22.8 Å². The standard InChI is InChI=1S/C18H20N2O5S2/c1-12(25-18(22)14-6-3-5-13(9-14)11-26-2)17(21)20-15-7-4-8-16(10-15)27(19,23)24/h3-10,12H,11H2,1-2H3,(H,20,21)(H2,19,23,24)/t12-/m0/s1. The van der Waals surface area contributed by atoms with Crippen molar-refractivity contribution < 1.29 is 22.7 Å². The van der Waals surface area contributed by atoms with Crippen molar-refractivity contribution >= 4 is 39.3 Å². The first-order valence-electron chi connectivity index (χ1n) is 7.93. The summed E-state index contributed by atoms with van der Waals surface area (Å²) in [5.41, 5.74) is 1.57. The van der Waals surface area contributed by atoms with Crippen molar-refractivity contribution in [3.8, 4) is 0 Å². The second-order valence-electron chi connectivity index (χ2n) is 5.74. The average Bonchev–Trinajstić information content (AvgIpc) is 2.61. The lowest BCUT2D eigenvalue weighted by molar-refractivity contribution is -0.123. The molecular formula is C18H20N2O5S2. The van der Waals surface area contributed by atoms with Gasteiger partial charge in [-0.05, 0) is 49.1 Å². The highest BCUT2D eigenvalue weighted by atomic mass is 32.2. The monoisotopic (exact) mass is 408 g/mol. The van der Waals surface area contributed by atoms with Gasteiger partial charge in [0.1, 0.15) is 0 Å². The minimum atomic E-state index is -3.88. The summed E-state index contributed by atoms with van der Waals surface area (Å²) in [6.45, 7) is 1.43. The molecule has 0 radical (unpaired) electrons. The number of benzene rings is 2. The van der Waals surface area contributed by atoms with Gasteiger partial charge < -0.3 is 10.1 Å². The minimum absolute atomic E-state index is 0.129. The van der Waals surface area contributed by atoms with Crippen molar-refractivity contribution in [1.29, 1.82) is 0 Å². The Bertz CT molecular complexity index is 944. The zero-order valence-corrected chi connectivity index (χ0v) is 16.5. The van der Waals surface area contributed by atoms with E-state index in [0.717, 1.165) is 11.3 Å². The SMILES string of the molecule is CSCc1cccc(C(=O)O[C@@H](C)C(=O)Nc2cccc(S(N)(=O)=O)c2)c1. The van der Waals surface area contributed by atoms with Crippen molar-refractivity contribution in [3.63, 3.8) is 0 Å². The summed E-state index contributed by atoms with van der Waals surface area (Å²) in [7, 11) is -3.88. The second kappa shape index (κ2) is 9.03. The van der Waals surface area contributed by atoms with Crippen LogP contribution in [0, 0.1) is 0 Å². The van der Waals surface area contributed by atoms with Crippen LogP contribution in [0.5, 0.6) is 0 Å². The number of amides is 1. The maximum atomic E-state index is 12.2. The number of anilines is 1. The number of ether oxygens (including phenoxy) is 1. The van der Waals surface area contributed by atoms with Gasteiger partial charge in [-0.1, -0.05) is 18.2 Å². The Kier molecular flexibility index (Phi) is 7.00. The molecule has 3 N–H and O–H groups in total. The van der Waals surface area contributed by atoms with Gasteiger partial charge in [0.25, 0.3) is 5.91 Å². The molecule has 0 saturated heterocycles. The summed E-state index contributed by atoms with van der Waals surface area (Å²) < 4.78 is 28.0. The van der Waals surface area contributed by atoms with Crippen molar-refractivity contribution in [2.45, 2.75) is 23.7 Å². The van der Waals surface area contributed by atoms with Crippen molar-refractivity contribution in [2.75, 3.05) is 11.6 Å². The topological polar surface area (TPSA) is 116 Å². The van der Waals surface area contributed by atoms with Crippen molar-refractivity contribution in [3.05, 3.63) is 59.7 Å². The van der Waals surface area contributed by atoms with Gasteiger partial charge in [-0.15, -0.1) is 0 Å². The maximum absolute atomic E-state index is 12.2. The molecule has 0 aliphatic rings. The Morgan fingerprint density at radius 2 is 1.89 bits per heavy atom. The van der Waals surface area contributed by atoms with Gasteiger partial charge >= 0.3 is 5.97 Å². The number of carbonyl (C=O) groups excluding carboxylic acids is 2. The molecule has 0 spiro atoms. The number of hydrogen-bond acceptors (Lipinski definition) is 6. The van der Waals surface area contributed by atoms with E-state index < -0.39 is 28.0 Å². The van der Waals surface area contributed by atoms with E-state index in [9.17, 15) is 18.0 Å². The molecular weight excluding hydrogens is 388 g/mol. The van der Waals surface area contributed by atoms with Gasteiger partial charge in [-0.3, -0.25) is 4.79 Å². The second-order valence-corrected chi connectivity index (χ2v) is 8.17. The number of rotatable bonds is 7. The highest BCUT2D eigenvalue weighted by molar-refractivity contribution is 7.97. The Hall–Kier alpha value is -2.36. The van der Waals surface area contributed by atoms with Crippen molar-refractivity contribution in [1.82, 2.24) is 0 Å². The number of esters is 1. The van der Waals surface area contributed by atoms with E-state index in [-0.39, 0.29) is 10.6 Å². The zero-order valence-electron chi connectivity index (χ0n) is 14.8. The van der Waals surface area contributed by atoms with E-state index in [2.05, 4.69) is 5.32 Å². The van der Waals surface area contributed by atoms with E-state index >= 15 is 0 Å². The number of nitrogens with one attached hydrogen (secondary N) is 1. The van der Waals surface area contributed by atoms with E-state index in [4.69, 9.17) is 9.88 Å². The molecule has 0 heterocycles. The zero-order chi connectivity index (χ0) is 20.0. The summed E-state index contributed by atoms with van der Waals surface area (Å²) >= 11 is 1.63. The molecule has 0 fully saturated rings. The first-order valence-corrected chi connectivity index (χ1v) is 10.9. The number of thioether (sulfide) groups is 1. The summed E-state index contributed by atoms with van der Waals surface area (Å²) in [5, 5.41) is 7.57. The summed E-state index contributed by atoms with van der Waals surface area (Å²) in [5.74, 6) is -0.438. The molecule has 2 aromatic carbocycles. The molecule has 0 saturated carbocycles. The third-order valence-electron chi connectivity index (χ3n) is 3.56. The largest absolute Gasteiger partial charge is 0.449 e. The van der Waals surface area contributed by atoms with Gasteiger partial charge in [0.2, 0.25) is 10.0 Å². The predicted molar refractivity (Wildman–Crippen MR) is 105 cm³/mol. The average molecular weight is 409 g/mol. The quantitative estimate of drug-likeness (QED) is 0.680. The molecule has 1 atom stereocenters. The van der Waals surface area contributed by atoms with Gasteiger partial charge in [0, 0.05) is 11.4 Å². The smallest absolute Gasteiger partial charge is 0.338 e. The number of primary sulfonamides is 1. The van der Waals surface area contributed by atoms with Crippen LogP contribution in [-0.2, 0) is 25.3 Å². The minimum Gasteiger partial charge on any atom is -0.449 e. The molecule has 9 heteroatoms. The Morgan fingerprint density at radius 1 is 1.19 bits per heavy atom. The molecule has 2 aromatic rings. The van der Waals surface area contributed by atoms with Crippen LogP contribution in [-0.4, -0.2) is 32.7 Å². The van der Waals surface area contributed by atoms with E-state index in [1.54, 1.807) is 30.0 Å². The Labute approximate surface area is 162 Å². The normalized spacial score (nSPS) is 12.3. The summed E-state index contributed by atoms with van der Waals surface area (Å²) in [6, 6.07) is 12.5. The summed E-state index contributed by atoms with van der Waals surface area (Å²) in [4.78, 5) is 24.4. The van der Waals surface area contributed by atoms with Crippen LogP contribution < -0.4 is 10.5 Å². The fraction of sp³-hybridized carbons (Fsp3) is 0.222. The fourth-order valence-corrected chi connectivity index (χ4v) is 3.30. The lowest BCUT2D eigenvalue weighted by Crippen LogP contribution is -2.30. The molecule has 144 valence electrons. The molecule has 1 amide bonds. The van der Waals surface area contributed by atoms with Crippen molar-refractivity contribution in [2.24, 2.45) is 5.14 Å².